The van der Waals surface area contributed by atoms with Crippen molar-refractivity contribution in [1.29, 1.82) is 0 Å². The summed E-state index contributed by atoms with van der Waals surface area (Å²) in [5.74, 6) is 0.208. The summed E-state index contributed by atoms with van der Waals surface area (Å²) in [6.45, 7) is 3.41. The number of nitrogens with one attached hydrogen (secondary N) is 1. The summed E-state index contributed by atoms with van der Waals surface area (Å²) in [6.07, 6.45) is 5.05. The summed E-state index contributed by atoms with van der Waals surface area (Å²) in [4.78, 5) is 28.3. The number of benzene rings is 2. The zero-order chi connectivity index (χ0) is 25.9. The lowest BCUT2D eigenvalue weighted by atomic mass is 10.1. The molecule has 1 aliphatic carbocycles. The van der Waals surface area contributed by atoms with Crippen molar-refractivity contribution in [2.75, 3.05) is 23.9 Å². The number of aryl methyl sites for hydroxylation is 1. The summed E-state index contributed by atoms with van der Waals surface area (Å²) >= 11 is 0. The second kappa shape index (κ2) is 10.8. The number of hydrogen-bond donors (Lipinski definition) is 1. The van der Waals surface area contributed by atoms with Gasteiger partial charge in [-0.25, -0.2) is 8.42 Å². The first-order valence-electron chi connectivity index (χ1n) is 12.1. The van der Waals surface area contributed by atoms with Gasteiger partial charge in [0.25, 0.3) is 0 Å². The summed E-state index contributed by atoms with van der Waals surface area (Å²) in [7, 11) is -3.82. The van der Waals surface area contributed by atoms with Crippen LogP contribution in [0, 0.1) is 6.92 Å². The predicted octanol–water partition coefficient (Wildman–Crippen LogP) is 2.97. The van der Waals surface area contributed by atoms with Gasteiger partial charge in [-0.15, -0.1) is 0 Å². The molecule has 0 unspecified atom stereocenters. The number of amides is 2. The number of nitrogens with zero attached hydrogens (tertiary/aromatic N) is 2. The number of carbonyl (C=O) groups is 2. The quantitative estimate of drug-likeness (QED) is 0.551. The highest BCUT2D eigenvalue weighted by Gasteiger charge is 2.32. The minimum atomic E-state index is -3.82. The lowest BCUT2D eigenvalue weighted by Crippen LogP contribution is -2.52. The molecule has 1 heterocycles. The number of sulfonamides is 1. The Morgan fingerprint density at radius 3 is 2.47 bits per heavy atom. The third-order valence-electron chi connectivity index (χ3n) is 6.79. The molecule has 0 saturated heterocycles. The molecule has 0 spiro atoms. The maximum Gasteiger partial charge on any atom is 0.244 e. The van der Waals surface area contributed by atoms with Crippen LogP contribution in [0.15, 0.2) is 42.5 Å². The van der Waals surface area contributed by atoms with E-state index in [0.29, 0.717) is 11.5 Å². The Morgan fingerprint density at radius 1 is 1.08 bits per heavy atom. The second-order valence-corrected chi connectivity index (χ2v) is 11.3. The minimum absolute atomic E-state index is 0.0500. The highest BCUT2D eigenvalue weighted by atomic mass is 32.2. The van der Waals surface area contributed by atoms with Crippen molar-refractivity contribution in [3.63, 3.8) is 0 Å². The van der Waals surface area contributed by atoms with Gasteiger partial charge in [-0.05, 0) is 49.9 Å². The fraction of sp³-hybridized carbons (Fsp3) is 0.462. The van der Waals surface area contributed by atoms with E-state index in [1.807, 2.05) is 31.2 Å². The van der Waals surface area contributed by atoms with E-state index in [9.17, 15) is 18.0 Å². The molecule has 2 aromatic rings. The molecule has 2 aromatic carbocycles. The summed E-state index contributed by atoms with van der Waals surface area (Å²) in [6, 6.07) is 11.7. The maximum absolute atomic E-state index is 13.7. The van der Waals surface area contributed by atoms with Crippen LogP contribution in [-0.4, -0.2) is 56.8 Å². The van der Waals surface area contributed by atoms with Crippen molar-refractivity contribution >= 4 is 27.5 Å². The van der Waals surface area contributed by atoms with Gasteiger partial charge >= 0.3 is 0 Å². The van der Waals surface area contributed by atoms with Crippen molar-refractivity contribution in [2.24, 2.45) is 0 Å². The molecule has 1 fully saturated rings. The van der Waals surface area contributed by atoms with E-state index < -0.39 is 28.5 Å². The molecule has 1 atom stereocenters. The fourth-order valence-electron chi connectivity index (χ4n) is 4.60. The number of hydrogen-bond acceptors (Lipinski definition) is 6. The fourth-order valence-corrected chi connectivity index (χ4v) is 5.44. The van der Waals surface area contributed by atoms with E-state index in [0.717, 1.165) is 47.4 Å². The van der Waals surface area contributed by atoms with Gasteiger partial charge in [0.15, 0.2) is 11.5 Å². The molecule has 0 aromatic heterocycles. The topological polar surface area (TPSA) is 105 Å². The first-order chi connectivity index (χ1) is 17.1. The van der Waals surface area contributed by atoms with Gasteiger partial charge in [-0.3, -0.25) is 13.9 Å². The van der Waals surface area contributed by atoms with Crippen LogP contribution in [0.4, 0.5) is 5.69 Å². The number of fused-ring (bicyclic) bond motifs is 1. The SMILES string of the molecule is Cc1ccccc1CN(C(=O)CN(c1ccc2c(c1)OCO2)S(C)(=O)=O)[C@H](C)C(=O)NC1CCCC1. The summed E-state index contributed by atoms with van der Waals surface area (Å²) < 4.78 is 37.2. The highest BCUT2D eigenvalue weighted by Crippen LogP contribution is 2.36. The normalized spacial score (nSPS) is 16.0. The molecule has 36 heavy (non-hydrogen) atoms. The van der Waals surface area contributed by atoms with Crippen LogP contribution >= 0.6 is 0 Å². The number of anilines is 1. The second-order valence-electron chi connectivity index (χ2n) is 9.42. The Hall–Kier alpha value is -3.27. The van der Waals surface area contributed by atoms with Gasteiger partial charge in [-0.2, -0.15) is 0 Å². The molecule has 0 radical (unpaired) electrons. The minimum Gasteiger partial charge on any atom is -0.454 e. The third kappa shape index (κ3) is 5.92. The van der Waals surface area contributed by atoms with Gasteiger partial charge in [0, 0.05) is 18.7 Å². The average Bonchev–Trinajstić information content (AvgIpc) is 3.52. The molecular weight excluding hydrogens is 482 g/mol. The van der Waals surface area contributed by atoms with Crippen molar-refractivity contribution in [2.45, 2.75) is 58.2 Å². The molecule has 2 amide bonds. The standard InChI is InChI=1S/C26H33N3O6S/c1-18-8-4-5-9-20(18)15-28(19(2)26(31)27-21-10-6-7-11-21)25(30)16-29(36(3,32)33)22-12-13-23-24(14-22)35-17-34-23/h4-5,8-9,12-14,19,21H,6-7,10-11,15-17H2,1-3H3,(H,27,31)/t19-/m1/s1. The molecule has 2 aliphatic rings. The Morgan fingerprint density at radius 2 is 1.78 bits per heavy atom. The van der Waals surface area contributed by atoms with Gasteiger partial charge in [-0.1, -0.05) is 37.1 Å². The van der Waals surface area contributed by atoms with Crippen LogP contribution in [0.25, 0.3) is 0 Å². The lowest BCUT2D eigenvalue weighted by molar-refractivity contribution is -0.139. The van der Waals surface area contributed by atoms with E-state index in [2.05, 4.69) is 5.32 Å². The maximum atomic E-state index is 13.7. The van der Waals surface area contributed by atoms with Gasteiger partial charge in [0.05, 0.1) is 11.9 Å². The van der Waals surface area contributed by atoms with Crippen LogP contribution < -0.4 is 19.1 Å². The molecule has 10 heteroatoms. The van der Waals surface area contributed by atoms with Crippen LogP contribution in [0.2, 0.25) is 0 Å². The van der Waals surface area contributed by atoms with E-state index in [1.165, 1.54) is 4.90 Å². The molecule has 0 bridgehead atoms. The number of rotatable bonds is 9. The lowest BCUT2D eigenvalue weighted by Gasteiger charge is -2.32. The zero-order valence-electron chi connectivity index (χ0n) is 20.9. The molecule has 1 aliphatic heterocycles. The largest absolute Gasteiger partial charge is 0.454 e. The van der Waals surface area contributed by atoms with Gasteiger partial charge < -0.3 is 19.7 Å². The van der Waals surface area contributed by atoms with E-state index >= 15 is 0 Å². The van der Waals surface area contributed by atoms with Gasteiger partial charge in [0.2, 0.25) is 28.6 Å². The number of ether oxygens (including phenoxy) is 2. The predicted molar refractivity (Wildman–Crippen MR) is 136 cm³/mol. The Bertz CT molecular complexity index is 1230. The van der Waals surface area contributed by atoms with Crippen molar-refractivity contribution in [3.05, 3.63) is 53.6 Å². The zero-order valence-corrected chi connectivity index (χ0v) is 21.7. The van der Waals surface area contributed by atoms with Crippen LogP contribution in [0.3, 0.4) is 0 Å². The smallest absolute Gasteiger partial charge is 0.244 e. The third-order valence-corrected chi connectivity index (χ3v) is 7.93. The van der Waals surface area contributed by atoms with E-state index in [1.54, 1.807) is 25.1 Å². The first kappa shape index (κ1) is 25.8. The Labute approximate surface area is 212 Å². The molecule has 9 nitrogen and oxygen atoms in total. The monoisotopic (exact) mass is 515 g/mol. The molecule has 4 rings (SSSR count). The number of carbonyl (C=O) groups excluding carboxylic acids is 2. The Balaban J connectivity index is 1.60. The molecule has 1 N–H and O–H groups in total. The van der Waals surface area contributed by atoms with Crippen molar-refractivity contribution in [3.8, 4) is 11.5 Å². The Kier molecular flexibility index (Phi) is 7.73. The van der Waals surface area contributed by atoms with E-state index in [-0.39, 0.29) is 31.0 Å². The van der Waals surface area contributed by atoms with Crippen molar-refractivity contribution < 1.29 is 27.5 Å². The van der Waals surface area contributed by atoms with Gasteiger partial charge in [0.1, 0.15) is 12.6 Å². The summed E-state index contributed by atoms with van der Waals surface area (Å²) in [5.41, 5.74) is 2.16. The highest BCUT2D eigenvalue weighted by molar-refractivity contribution is 7.92. The first-order valence-corrected chi connectivity index (χ1v) is 14.0. The van der Waals surface area contributed by atoms with Crippen LogP contribution in [0.5, 0.6) is 11.5 Å². The summed E-state index contributed by atoms with van der Waals surface area (Å²) in [5, 5.41) is 3.06. The molecule has 194 valence electrons. The average molecular weight is 516 g/mol. The molecular formula is C26H33N3O6S. The van der Waals surface area contributed by atoms with E-state index in [4.69, 9.17) is 9.47 Å². The van der Waals surface area contributed by atoms with Crippen LogP contribution in [0.1, 0.15) is 43.7 Å². The molecule has 1 saturated carbocycles. The van der Waals surface area contributed by atoms with Crippen LogP contribution in [-0.2, 0) is 26.2 Å². The van der Waals surface area contributed by atoms with Crippen molar-refractivity contribution in [1.82, 2.24) is 10.2 Å².